The molecule has 0 spiro atoms. The Labute approximate surface area is 95.3 Å². The second kappa shape index (κ2) is 4.63. The third kappa shape index (κ3) is 2.94. The predicted molar refractivity (Wildman–Crippen MR) is 62.5 cm³/mol. The Hall–Kier alpha value is -1.07. The first kappa shape index (κ1) is 10.4. The van der Waals surface area contributed by atoms with Crippen LogP contribution in [0.3, 0.4) is 0 Å². The number of benzene rings is 1. The summed E-state index contributed by atoms with van der Waals surface area (Å²) in [4.78, 5) is 3.96. The molecule has 15 heavy (non-hydrogen) atoms. The van der Waals surface area contributed by atoms with Gasteiger partial charge in [0.2, 0.25) is 0 Å². The Morgan fingerprint density at radius 2 is 2.07 bits per heavy atom. The molecule has 0 saturated heterocycles. The zero-order valence-electron chi connectivity index (χ0n) is 7.81. The van der Waals surface area contributed by atoms with Crippen LogP contribution in [0.15, 0.2) is 34.7 Å². The fourth-order valence-electron chi connectivity index (χ4n) is 1.07. The molecule has 0 aliphatic heterocycles. The number of aromatic nitrogens is 1. The second-order valence-corrected chi connectivity index (χ2v) is 5.27. The lowest BCUT2D eigenvalue weighted by Crippen LogP contribution is -1.80. The van der Waals surface area contributed by atoms with Crippen LogP contribution in [0.1, 0.15) is 5.56 Å². The molecule has 0 unspecified atom stereocenters. The van der Waals surface area contributed by atoms with E-state index < -0.39 is 0 Å². The lowest BCUT2D eigenvalue weighted by molar-refractivity contribution is 0.627. The fraction of sp³-hybridized carbons (Fsp3) is 0.100. The quantitative estimate of drug-likeness (QED) is 0.838. The number of hydrogen-bond donors (Lipinski definition) is 1. The van der Waals surface area contributed by atoms with Gasteiger partial charge >= 0.3 is 0 Å². The van der Waals surface area contributed by atoms with Gasteiger partial charge in [0.05, 0.1) is 10.4 Å². The molecular formula is C10H9FN2S2. The molecule has 0 radical (unpaired) electrons. The number of nitrogens with zero attached hydrogens (tertiary/aromatic N) is 1. The predicted octanol–water partition coefficient (Wildman–Crippen LogP) is 3.16. The van der Waals surface area contributed by atoms with E-state index in [2.05, 4.69) is 4.98 Å². The number of thiazole rings is 1. The van der Waals surface area contributed by atoms with Crippen LogP contribution in [0.2, 0.25) is 0 Å². The molecule has 0 bridgehead atoms. The highest BCUT2D eigenvalue weighted by Crippen LogP contribution is 2.29. The molecule has 1 aromatic carbocycles. The molecule has 0 fully saturated rings. The van der Waals surface area contributed by atoms with Gasteiger partial charge in [0.25, 0.3) is 0 Å². The van der Waals surface area contributed by atoms with E-state index in [1.807, 2.05) is 0 Å². The largest absolute Gasteiger partial charge is 0.375 e. The monoisotopic (exact) mass is 240 g/mol. The minimum absolute atomic E-state index is 0.203. The van der Waals surface area contributed by atoms with Gasteiger partial charge in [-0.1, -0.05) is 23.5 Å². The molecule has 0 saturated carbocycles. The van der Waals surface area contributed by atoms with E-state index in [1.54, 1.807) is 30.1 Å². The van der Waals surface area contributed by atoms with E-state index in [-0.39, 0.29) is 5.82 Å². The molecule has 1 aromatic heterocycles. The van der Waals surface area contributed by atoms with Gasteiger partial charge in [-0.3, -0.25) is 0 Å². The summed E-state index contributed by atoms with van der Waals surface area (Å²) in [5.74, 6) is 0.604. The first-order valence-corrected chi connectivity index (χ1v) is 6.13. The van der Waals surface area contributed by atoms with Crippen molar-refractivity contribution in [3.63, 3.8) is 0 Å². The van der Waals surface area contributed by atoms with E-state index in [0.29, 0.717) is 5.13 Å². The molecule has 2 N–H and O–H groups in total. The Balaban J connectivity index is 1.96. The number of nitrogen functional groups attached to an aromatic ring is 1. The number of hydrogen-bond acceptors (Lipinski definition) is 4. The standard InChI is InChI=1S/C10H9FN2S2/c11-8-3-1-7(2-4-8)6-14-9-5-13-10(12)15-9/h1-5H,6H2,(H2,12,13). The summed E-state index contributed by atoms with van der Waals surface area (Å²) in [6.07, 6.45) is 1.76. The van der Waals surface area contributed by atoms with E-state index in [1.165, 1.54) is 23.5 Å². The molecule has 0 atom stereocenters. The van der Waals surface area contributed by atoms with Crippen molar-refractivity contribution >= 4 is 28.2 Å². The van der Waals surface area contributed by atoms with Crippen molar-refractivity contribution in [2.45, 2.75) is 9.96 Å². The first-order valence-electron chi connectivity index (χ1n) is 4.32. The minimum Gasteiger partial charge on any atom is -0.375 e. The Bertz CT molecular complexity index is 439. The van der Waals surface area contributed by atoms with Crippen molar-refractivity contribution in [1.29, 1.82) is 0 Å². The smallest absolute Gasteiger partial charge is 0.181 e. The minimum atomic E-state index is -0.203. The molecule has 5 heteroatoms. The number of nitrogens with two attached hydrogens (primary N) is 1. The normalized spacial score (nSPS) is 10.5. The molecule has 2 aromatic rings. The zero-order valence-corrected chi connectivity index (χ0v) is 9.45. The van der Waals surface area contributed by atoms with Crippen LogP contribution in [0.25, 0.3) is 0 Å². The highest BCUT2D eigenvalue weighted by atomic mass is 32.2. The third-order valence-corrected chi connectivity index (χ3v) is 3.89. The van der Waals surface area contributed by atoms with Gasteiger partial charge in [-0.15, -0.1) is 11.8 Å². The maximum Gasteiger partial charge on any atom is 0.181 e. The van der Waals surface area contributed by atoms with Gasteiger partial charge in [-0.05, 0) is 17.7 Å². The Kier molecular flexibility index (Phi) is 3.23. The first-order chi connectivity index (χ1) is 7.24. The van der Waals surface area contributed by atoms with E-state index in [9.17, 15) is 4.39 Å². The van der Waals surface area contributed by atoms with Crippen molar-refractivity contribution in [2.75, 3.05) is 5.73 Å². The summed E-state index contributed by atoms with van der Waals surface area (Å²) >= 11 is 3.12. The van der Waals surface area contributed by atoms with Crippen LogP contribution in [0.5, 0.6) is 0 Å². The van der Waals surface area contributed by atoms with Crippen molar-refractivity contribution < 1.29 is 4.39 Å². The maximum atomic E-state index is 12.6. The fourth-order valence-corrected chi connectivity index (χ4v) is 2.79. The number of rotatable bonds is 3. The lowest BCUT2D eigenvalue weighted by atomic mass is 10.2. The summed E-state index contributed by atoms with van der Waals surface area (Å²) in [7, 11) is 0. The van der Waals surface area contributed by atoms with Gasteiger partial charge in [0.1, 0.15) is 5.82 Å². The Morgan fingerprint density at radius 1 is 1.33 bits per heavy atom. The van der Waals surface area contributed by atoms with Crippen molar-refractivity contribution in [1.82, 2.24) is 4.98 Å². The van der Waals surface area contributed by atoms with Crippen LogP contribution in [-0.2, 0) is 5.75 Å². The van der Waals surface area contributed by atoms with Gasteiger partial charge in [-0.2, -0.15) is 0 Å². The summed E-state index contributed by atoms with van der Waals surface area (Å²) in [6.45, 7) is 0. The van der Waals surface area contributed by atoms with E-state index in [0.717, 1.165) is 15.5 Å². The highest BCUT2D eigenvalue weighted by molar-refractivity contribution is 8.00. The van der Waals surface area contributed by atoms with Gasteiger partial charge in [-0.25, -0.2) is 9.37 Å². The van der Waals surface area contributed by atoms with Crippen LogP contribution >= 0.6 is 23.1 Å². The lowest BCUT2D eigenvalue weighted by Gasteiger charge is -1.98. The summed E-state index contributed by atoms with van der Waals surface area (Å²) < 4.78 is 13.7. The Morgan fingerprint density at radius 3 is 2.67 bits per heavy atom. The summed E-state index contributed by atoms with van der Waals surface area (Å²) in [5.41, 5.74) is 6.60. The molecule has 0 amide bonds. The SMILES string of the molecule is Nc1ncc(SCc2ccc(F)cc2)s1. The van der Waals surface area contributed by atoms with Crippen LogP contribution < -0.4 is 5.73 Å². The number of thioether (sulfide) groups is 1. The molecular weight excluding hydrogens is 231 g/mol. The topological polar surface area (TPSA) is 38.9 Å². The van der Waals surface area contributed by atoms with Crippen molar-refractivity contribution in [3.05, 3.63) is 41.8 Å². The highest BCUT2D eigenvalue weighted by Gasteiger charge is 2.00. The second-order valence-electron chi connectivity index (χ2n) is 2.93. The summed E-state index contributed by atoms with van der Waals surface area (Å²) in [6, 6.07) is 6.51. The molecule has 0 aliphatic carbocycles. The zero-order chi connectivity index (χ0) is 10.7. The van der Waals surface area contributed by atoms with Crippen molar-refractivity contribution in [3.8, 4) is 0 Å². The average Bonchev–Trinajstić information content (AvgIpc) is 2.64. The van der Waals surface area contributed by atoms with Crippen molar-refractivity contribution in [2.24, 2.45) is 0 Å². The van der Waals surface area contributed by atoms with Gasteiger partial charge in [0, 0.05) is 5.75 Å². The molecule has 2 rings (SSSR count). The molecule has 2 nitrogen and oxygen atoms in total. The third-order valence-electron chi connectivity index (χ3n) is 1.80. The average molecular weight is 240 g/mol. The number of anilines is 1. The van der Waals surface area contributed by atoms with Crippen LogP contribution in [0, 0.1) is 5.82 Å². The maximum absolute atomic E-state index is 12.6. The molecule has 1 heterocycles. The molecule has 78 valence electrons. The van der Waals surface area contributed by atoms with E-state index >= 15 is 0 Å². The van der Waals surface area contributed by atoms with Crippen LogP contribution in [-0.4, -0.2) is 4.98 Å². The number of halogens is 1. The van der Waals surface area contributed by atoms with Gasteiger partial charge in [0.15, 0.2) is 5.13 Å². The summed E-state index contributed by atoms with van der Waals surface area (Å²) in [5, 5.41) is 0.580. The molecule has 0 aliphatic rings. The van der Waals surface area contributed by atoms with E-state index in [4.69, 9.17) is 5.73 Å². The van der Waals surface area contributed by atoms with Crippen LogP contribution in [0.4, 0.5) is 9.52 Å². The van der Waals surface area contributed by atoms with Gasteiger partial charge < -0.3 is 5.73 Å².